The molecule has 120 valence electrons. The highest BCUT2D eigenvalue weighted by Gasteiger charge is 2.18. The van der Waals surface area contributed by atoms with E-state index in [0.29, 0.717) is 5.69 Å². The number of ether oxygens (including phenoxy) is 1. The monoisotopic (exact) mass is 305 g/mol. The Morgan fingerprint density at radius 3 is 2.38 bits per heavy atom. The number of alkyl halides is 2. The van der Waals surface area contributed by atoms with Crippen molar-refractivity contribution in [1.29, 1.82) is 0 Å². The van der Waals surface area contributed by atoms with Crippen molar-refractivity contribution >= 4 is 11.4 Å². The summed E-state index contributed by atoms with van der Waals surface area (Å²) in [5.41, 5.74) is 6.27. The van der Waals surface area contributed by atoms with Gasteiger partial charge in [0.05, 0.1) is 11.4 Å². The molecule has 0 saturated heterocycles. The number of hydrogen-bond acceptors (Lipinski definition) is 4. The summed E-state index contributed by atoms with van der Waals surface area (Å²) in [7, 11) is 3.85. The highest BCUT2D eigenvalue weighted by molar-refractivity contribution is 5.69. The summed E-state index contributed by atoms with van der Waals surface area (Å²) in [6.45, 7) is 1.69. The van der Waals surface area contributed by atoms with Crippen LogP contribution >= 0.6 is 0 Å². The maximum Gasteiger partial charge on any atom is 0.387 e. The SMILES string of the molecule is CC(C)C(CN(C)C)Nc1cc(OC(F)F)c(F)cc1N. The molecule has 21 heavy (non-hydrogen) atoms. The minimum absolute atomic E-state index is 0.0344. The topological polar surface area (TPSA) is 50.5 Å². The summed E-state index contributed by atoms with van der Waals surface area (Å²) in [4.78, 5) is 1.99. The minimum Gasteiger partial charge on any atom is -0.432 e. The zero-order valence-corrected chi connectivity index (χ0v) is 12.7. The Morgan fingerprint density at radius 1 is 1.29 bits per heavy atom. The van der Waals surface area contributed by atoms with Crippen LogP contribution in [-0.4, -0.2) is 38.2 Å². The van der Waals surface area contributed by atoms with E-state index in [1.807, 2.05) is 32.8 Å². The van der Waals surface area contributed by atoms with Crippen LogP contribution in [0.3, 0.4) is 0 Å². The molecule has 0 radical (unpaired) electrons. The van der Waals surface area contributed by atoms with E-state index in [1.165, 1.54) is 6.07 Å². The van der Waals surface area contributed by atoms with Gasteiger partial charge in [-0.3, -0.25) is 0 Å². The van der Waals surface area contributed by atoms with Gasteiger partial charge in [-0.05, 0) is 20.0 Å². The Morgan fingerprint density at radius 2 is 1.90 bits per heavy atom. The maximum atomic E-state index is 13.5. The molecular weight excluding hydrogens is 283 g/mol. The quantitative estimate of drug-likeness (QED) is 0.760. The number of nitrogens with one attached hydrogen (secondary N) is 1. The Labute approximate surface area is 123 Å². The lowest BCUT2D eigenvalue weighted by atomic mass is 10.0. The summed E-state index contributed by atoms with van der Waals surface area (Å²) in [6, 6.07) is 2.18. The number of likely N-dealkylation sites (N-methyl/N-ethyl adjacent to an activating group) is 1. The van der Waals surface area contributed by atoms with Gasteiger partial charge in [0.25, 0.3) is 0 Å². The van der Waals surface area contributed by atoms with Crippen molar-refractivity contribution < 1.29 is 17.9 Å². The van der Waals surface area contributed by atoms with E-state index >= 15 is 0 Å². The molecule has 1 aromatic rings. The third kappa shape index (κ3) is 5.34. The van der Waals surface area contributed by atoms with Gasteiger partial charge in [0.15, 0.2) is 11.6 Å². The van der Waals surface area contributed by atoms with Crippen LogP contribution in [0.15, 0.2) is 12.1 Å². The largest absolute Gasteiger partial charge is 0.432 e. The Bertz CT molecular complexity index is 467. The van der Waals surface area contributed by atoms with Crippen molar-refractivity contribution in [1.82, 2.24) is 4.90 Å². The van der Waals surface area contributed by atoms with Crippen LogP contribution in [-0.2, 0) is 0 Å². The predicted molar refractivity (Wildman–Crippen MR) is 78.2 cm³/mol. The molecule has 0 aromatic heterocycles. The van der Waals surface area contributed by atoms with Gasteiger partial charge in [-0.2, -0.15) is 8.78 Å². The summed E-state index contributed by atoms with van der Waals surface area (Å²) < 4.78 is 42.2. The first-order valence-electron chi connectivity index (χ1n) is 6.65. The molecular formula is C14H22F3N3O. The van der Waals surface area contributed by atoms with E-state index in [0.717, 1.165) is 12.6 Å². The van der Waals surface area contributed by atoms with Crippen molar-refractivity contribution in [3.05, 3.63) is 17.9 Å². The van der Waals surface area contributed by atoms with Gasteiger partial charge in [-0.15, -0.1) is 0 Å². The van der Waals surface area contributed by atoms with Crippen LogP contribution in [0.1, 0.15) is 13.8 Å². The molecule has 1 aromatic carbocycles. The van der Waals surface area contributed by atoms with Crippen molar-refractivity contribution in [2.75, 3.05) is 31.7 Å². The van der Waals surface area contributed by atoms with E-state index in [1.54, 1.807) is 0 Å². The van der Waals surface area contributed by atoms with Crippen LogP contribution < -0.4 is 15.8 Å². The Kier molecular flexibility index (Phi) is 6.14. The van der Waals surface area contributed by atoms with Gasteiger partial charge in [0, 0.05) is 24.7 Å². The molecule has 0 heterocycles. The summed E-state index contributed by atoms with van der Waals surface area (Å²) in [5.74, 6) is -1.16. The number of halogens is 3. The first kappa shape index (κ1) is 17.4. The second kappa shape index (κ2) is 7.40. The number of nitrogens with zero attached hydrogens (tertiary/aromatic N) is 1. The van der Waals surface area contributed by atoms with Crippen molar-refractivity contribution in [3.63, 3.8) is 0 Å². The lowest BCUT2D eigenvalue weighted by molar-refractivity contribution is -0.0521. The highest BCUT2D eigenvalue weighted by Crippen LogP contribution is 2.30. The number of rotatable bonds is 7. The van der Waals surface area contributed by atoms with Crippen LogP contribution in [0.4, 0.5) is 24.5 Å². The molecule has 3 N–H and O–H groups in total. The average Bonchev–Trinajstić information content (AvgIpc) is 2.32. The lowest BCUT2D eigenvalue weighted by Crippen LogP contribution is -2.36. The summed E-state index contributed by atoms with van der Waals surface area (Å²) >= 11 is 0. The van der Waals surface area contributed by atoms with Gasteiger partial charge in [0.2, 0.25) is 0 Å². The minimum atomic E-state index is -3.08. The van der Waals surface area contributed by atoms with Crippen LogP contribution in [0.2, 0.25) is 0 Å². The predicted octanol–water partition coefficient (Wildman–Crippen LogP) is 3.01. The molecule has 0 saturated carbocycles. The van der Waals surface area contributed by atoms with Gasteiger partial charge >= 0.3 is 6.61 Å². The van der Waals surface area contributed by atoms with Gasteiger partial charge in [-0.25, -0.2) is 4.39 Å². The van der Waals surface area contributed by atoms with Crippen LogP contribution in [0, 0.1) is 11.7 Å². The number of benzene rings is 1. The van der Waals surface area contributed by atoms with E-state index in [4.69, 9.17) is 5.73 Å². The Hall–Kier alpha value is -1.63. The third-order valence-electron chi connectivity index (χ3n) is 3.03. The summed E-state index contributed by atoms with van der Waals surface area (Å²) in [6.07, 6.45) is 0. The van der Waals surface area contributed by atoms with Gasteiger partial charge in [-0.1, -0.05) is 13.8 Å². The fraction of sp³-hybridized carbons (Fsp3) is 0.571. The smallest absolute Gasteiger partial charge is 0.387 e. The molecule has 4 nitrogen and oxygen atoms in total. The number of anilines is 2. The van der Waals surface area contributed by atoms with E-state index < -0.39 is 18.2 Å². The normalized spacial score (nSPS) is 13.0. The lowest BCUT2D eigenvalue weighted by Gasteiger charge is -2.27. The van der Waals surface area contributed by atoms with E-state index in [-0.39, 0.29) is 17.6 Å². The fourth-order valence-corrected chi connectivity index (χ4v) is 1.90. The molecule has 0 spiro atoms. The summed E-state index contributed by atoms with van der Waals surface area (Å²) in [5, 5.41) is 3.16. The van der Waals surface area contributed by atoms with Crippen LogP contribution in [0.25, 0.3) is 0 Å². The molecule has 1 unspecified atom stereocenters. The molecule has 0 bridgehead atoms. The molecule has 0 aliphatic heterocycles. The molecule has 0 amide bonds. The zero-order valence-electron chi connectivity index (χ0n) is 12.7. The van der Waals surface area contributed by atoms with E-state index in [2.05, 4.69) is 10.1 Å². The average molecular weight is 305 g/mol. The first-order valence-corrected chi connectivity index (χ1v) is 6.65. The number of hydrogen-bond donors (Lipinski definition) is 2. The molecule has 0 aliphatic carbocycles. The van der Waals surface area contributed by atoms with Crippen molar-refractivity contribution in [2.45, 2.75) is 26.5 Å². The second-order valence-electron chi connectivity index (χ2n) is 5.51. The molecule has 1 atom stereocenters. The third-order valence-corrected chi connectivity index (χ3v) is 3.03. The van der Waals surface area contributed by atoms with Gasteiger partial charge in [0.1, 0.15) is 0 Å². The first-order chi connectivity index (χ1) is 9.70. The van der Waals surface area contributed by atoms with E-state index in [9.17, 15) is 13.2 Å². The highest BCUT2D eigenvalue weighted by atomic mass is 19.3. The number of nitrogens with two attached hydrogens (primary N) is 1. The standard InChI is InChI=1S/C14H22F3N3O/c1-8(2)12(7-20(3)4)19-11-6-13(21-14(16)17)9(15)5-10(11)18/h5-6,8,12,14,19H,7,18H2,1-4H3. The molecule has 7 heteroatoms. The maximum absolute atomic E-state index is 13.5. The second-order valence-corrected chi connectivity index (χ2v) is 5.51. The van der Waals surface area contributed by atoms with Crippen molar-refractivity contribution in [3.8, 4) is 5.75 Å². The molecule has 0 fully saturated rings. The zero-order chi connectivity index (χ0) is 16.2. The fourth-order valence-electron chi connectivity index (χ4n) is 1.90. The van der Waals surface area contributed by atoms with Crippen molar-refractivity contribution in [2.24, 2.45) is 5.92 Å². The Balaban J connectivity index is 2.99. The molecule has 1 rings (SSSR count). The van der Waals surface area contributed by atoms with Gasteiger partial charge < -0.3 is 20.7 Å². The number of nitrogen functional groups attached to an aromatic ring is 1. The molecule has 0 aliphatic rings. The van der Waals surface area contributed by atoms with Crippen LogP contribution in [0.5, 0.6) is 5.75 Å².